The number of hydrogen-bond acceptors (Lipinski definition) is 4. The molecule has 2 aliphatic rings. The lowest BCUT2D eigenvalue weighted by molar-refractivity contribution is 0.911. The third-order valence-electron chi connectivity index (χ3n) is 8.01. The number of fused-ring (bicyclic) bond motifs is 4. The van der Waals surface area contributed by atoms with E-state index >= 15 is 0 Å². The van der Waals surface area contributed by atoms with Crippen molar-refractivity contribution in [2.24, 2.45) is 0 Å². The predicted molar refractivity (Wildman–Crippen MR) is 169 cm³/mol. The highest BCUT2D eigenvalue weighted by Gasteiger charge is 2.28. The zero-order valence-electron chi connectivity index (χ0n) is 22.3. The van der Waals surface area contributed by atoms with Crippen LogP contribution >= 0.6 is 0 Å². The molecule has 4 heterocycles. The van der Waals surface area contributed by atoms with E-state index in [0.717, 1.165) is 22.2 Å². The van der Waals surface area contributed by atoms with Gasteiger partial charge in [-0.05, 0) is 75.4 Å². The number of nitrogens with zero attached hydrogens (tertiary/aromatic N) is 3. The van der Waals surface area contributed by atoms with Gasteiger partial charge in [0.15, 0.2) is 0 Å². The Bertz CT molecular complexity index is 1950. The van der Waals surface area contributed by atoms with Gasteiger partial charge < -0.3 is 10.2 Å². The van der Waals surface area contributed by atoms with Gasteiger partial charge in [0.1, 0.15) is 6.17 Å². The molecule has 4 nitrogen and oxygen atoms in total. The highest BCUT2D eigenvalue weighted by Crippen LogP contribution is 2.41. The van der Waals surface area contributed by atoms with Crippen LogP contribution in [0.2, 0.25) is 0 Å². The van der Waals surface area contributed by atoms with Gasteiger partial charge in [-0.2, -0.15) is 0 Å². The number of pyridine rings is 2. The van der Waals surface area contributed by atoms with Crippen molar-refractivity contribution in [1.82, 2.24) is 9.97 Å². The van der Waals surface area contributed by atoms with E-state index in [0.29, 0.717) is 0 Å². The summed E-state index contributed by atoms with van der Waals surface area (Å²) in [5.74, 6) is 0. The fraction of sp³-hybridized carbons (Fsp3) is 0.0270. The Kier molecular flexibility index (Phi) is 5.49. The van der Waals surface area contributed by atoms with Gasteiger partial charge in [0.2, 0.25) is 0 Å². The first-order valence-corrected chi connectivity index (χ1v) is 13.8. The smallest absolute Gasteiger partial charge is 0.123 e. The molecule has 2 aliphatic heterocycles. The molecule has 1 N–H and O–H groups in total. The van der Waals surface area contributed by atoms with Crippen molar-refractivity contribution in [3.63, 3.8) is 0 Å². The Hall–Kier alpha value is -5.48. The van der Waals surface area contributed by atoms with Crippen LogP contribution in [0.1, 0.15) is 5.56 Å². The van der Waals surface area contributed by atoms with Gasteiger partial charge >= 0.3 is 0 Å². The van der Waals surface area contributed by atoms with Gasteiger partial charge in [-0.15, -0.1) is 0 Å². The summed E-state index contributed by atoms with van der Waals surface area (Å²) in [6.45, 7) is 0. The van der Waals surface area contributed by atoms with E-state index in [2.05, 4.69) is 130 Å². The molecule has 0 spiro atoms. The molecule has 0 fully saturated rings. The molecule has 0 amide bonds. The molecule has 8 rings (SSSR count). The average Bonchev–Trinajstić information content (AvgIpc) is 3.42. The highest BCUT2D eigenvalue weighted by atomic mass is 15.3. The zero-order valence-corrected chi connectivity index (χ0v) is 22.3. The van der Waals surface area contributed by atoms with Crippen LogP contribution < -0.4 is 10.2 Å². The van der Waals surface area contributed by atoms with Crippen molar-refractivity contribution in [3.05, 3.63) is 152 Å². The Morgan fingerprint density at radius 1 is 0.610 bits per heavy atom. The molecule has 41 heavy (non-hydrogen) atoms. The average molecular weight is 527 g/mol. The number of para-hydroxylation sites is 1. The van der Waals surface area contributed by atoms with E-state index in [1.807, 2.05) is 36.8 Å². The fourth-order valence-corrected chi connectivity index (χ4v) is 5.85. The normalized spacial score (nSPS) is 15.3. The summed E-state index contributed by atoms with van der Waals surface area (Å²) in [6.07, 6.45) is 12.3. The number of allylic oxidation sites excluding steroid dienone is 2. The minimum atomic E-state index is 0.112. The summed E-state index contributed by atoms with van der Waals surface area (Å²) >= 11 is 0. The number of nitrogens with one attached hydrogen (secondary N) is 1. The lowest BCUT2D eigenvalue weighted by Gasteiger charge is -2.25. The molecule has 4 heteroatoms. The zero-order chi connectivity index (χ0) is 27.2. The standard InChI is InChI=1S/C37H26N4/c1-3-30-4-2-20-39-37(30)33(5-1)29-12-10-26(11-13-29)31-14-16-34-35(23-31)41-24-32(15-17-36(41)40-34)27-8-6-25(7-9-27)28-18-21-38-22-19-28/h1-24,36,40H. The quantitative estimate of drug-likeness (QED) is 0.249. The summed E-state index contributed by atoms with van der Waals surface area (Å²) in [5.41, 5.74) is 12.8. The van der Waals surface area contributed by atoms with E-state index in [1.54, 1.807) is 0 Å². The molecule has 1 atom stereocenters. The van der Waals surface area contributed by atoms with Crippen LogP contribution in [-0.2, 0) is 0 Å². The molecule has 6 aromatic rings. The molecular formula is C37H26N4. The summed E-state index contributed by atoms with van der Waals surface area (Å²) < 4.78 is 0. The molecule has 4 aromatic carbocycles. The number of hydrogen-bond donors (Lipinski definition) is 1. The second-order valence-electron chi connectivity index (χ2n) is 10.4. The largest absolute Gasteiger partial charge is 0.360 e. The first kappa shape index (κ1) is 23.4. The molecule has 2 aromatic heterocycles. The van der Waals surface area contributed by atoms with Crippen LogP contribution in [0.25, 0.3) is 49.9 Å². The lowest BCUT2D eigenvalue weighted by Crippen LogP contribution is -2.31. The van der Waals surface area contributed by atoms with E-state index in [-0.39, 0.29) is 6.17 Å². The molecule has 194 valence electrons. The number of anilines is 2. The molecule has 0 saturated heterocycles. The fourth-order valence-electron chi connectivity index (χ4n) is 5.85. The number of benzene rings is 4. The number of aromatic nitrogens is 2. The molecule has 1 unspecified atom stereocenters. The molecule has 0 saturated carbocycles. The van der Waals surface area contributed by atoms with Gasteiger partial charge in [-0.1, -0.05) is 84.9 Å². The summed E-state index contributed by atoms with van der Waals surface area (Å²) in [5, 5.41) is 4.80. The summed E-state index contributed by atoms with van der Waals surface area (Å²) in [4.78, 5) is 11.1. The van der Waals surface area contributed by atoms with Crippen LogP contribution in [-0.4, -0.2) is 16.1 Å². The van der Waals surface area contributed by atoms with Gasteiger partial charge in [0.05, 0.1) is 16.9 Å². The Balaban J connectivity index is 1.08. The maximum atomic E-state index is 4.64. The van der Waals surface area contributed by atoms with Crippen molar-refractivity contribution in [1.29, 1.82) is 0 Å². The summed E-state index contributed by atoms with van der Waals surface area (Å²) in [7, 11) is 0. The maximum absolute atomic E-state index is 4.64. The predicted octanol–water partition coefficient (Wildman–Crippen LogP) is 8.80. The molecule has 0 aliphatic carbocycles. The van der Waals surface area contributed by atoms with E-state index < -0.39 is 0 Å². The minimum absolute atomic E-state index is 0.112. The first-order valence-electron chi connectivity index (χ1n) is 13.8. The van der Waals surface area contributed by atoms with Crippen LogP contribution in [0, 0.1) is 0 Å². The van der Waals surface area contributed by atoms with Crippen molar-refractivity contribution in [2.45, 2.75) is 6.17 Å². The van der Waals surface area contributed by atoms with Crippen molar-refractivity contribution < 1.29 is 0 Å². The topological polar surface area (TPSA) is 41.1 Å². The third kappa shape index (κ3) is 4.17. The van der Waals surface area contributed by atoms with Crippen molar-refractivity contribution in [3.8, 4) is 33.4 Å². The molecule has 0 bridgehead atoms. The van der Waals surface area contributed by atoms with Crippen molar-refractivity contribution >= 4 is 27.9 Å². The van der Waals surface area contributed by atoms with Gasteiger partial charge in [0.25, 0.3) is 0 Å². The SMILES string of the molecule is C1=CC2Nc3ccc(-c4ccc(-c5cccc6cccnc56)cc4)cc3N2C=C1c1ccc(-c2ccncc2)cc1. The van der Waals surface area contributed by atoms with Gasteiger partial charge in [0, 0.05) is 35.7 Å². The Labute approximate surface area is 239 Å². The minimum Gasteiger partial charge on any atom is -0.360 e. The monoisotopic (exact) mass is 526 g/mol. The second-order valence-corrected chi connectivity index (χ2v) is 10.4. The maximum Gasteiger partial charge on any atom is 0.123 e. The first-order chi connectivity index (χ1) is 20.3. The highest BCUT2D eigenvalue weighted by molar-refractivity contribution is 5.94. The molecular weight excluding hydrogens is 500 g/mol. The Morgan fingerprint density at radius 3 is 2.12 bits per heavy atom. The number of rotatable bonds is 4. The van der Waals surface area contributed by atoms with Gasteiger partial charge in [-0.25, -0.2) is 0 Å². The lowest BCUT2D eigenvalue weighted by atomic mass is 9.98. The van der Waals surface area contributed by atoms with Crippen molar-refractivity contribution in [2.75, 3.05) is 10.2 Å². The summed E-state index contributed by atoms with van der Waals surface area (Å²) in [6, 6.07) is 38.8. The Morgan fingerprint density at radius 2 is 1.29 bits per heavy atom. The van der Waals surface area contributed by atoms with E-state index in [1.165, 1.54) is 44.6 Å². The van der Waals surface area contributed by atoms with Crippen LogP contribution in [0.4, 0.5) is 11.4 Å². The van der Waals surface area contributed by atoms with Crippen LogP contribution in [0.15, 0.2) is 146 Å². The van der Waals surface area contributed by atoms with Gasteiger partial charge in [-0.3, -0.25) is 9.97 Å². The van der Waals surface area contributed by atoms with E-state index in [4.69, 9.17) is 0 Å². The van der Waals surface area contributed by atoms with Crippen LogP contribution in [0.3, 0.4) is 0 Å². The third-order valence-corrected chi connectivity index (χ3v) is 8.01. The van der Waals surface area contributed by atoms with Crippen LogP contribution in [0.5, 0.6) is 0 Å². The second kappa shape index (κ2) is 9.61. The molecule has 0 radical (unpaired) electrons. The van der Waals surface area contributed by atoms with E-state index in [9.17, 15) is 0 Å².